The minimum atomic E-state index is -4.38. The van der Waals surface area contributed by atoms with Crippen LogP contribution in [-0.4, -0.2) is 46.8 Å². The topological polar surface area (TPSA) is 28.0 Å². The Hall–Kier alpha value is -1.64. The van der Waals surface area contributed by atoms with Crippen LogP contribution >= 0.6 is 35.1 Å². The molecule has 0 saturated carbocycles. The molecule has 3 rings (SSSR count). The minimum absolute atomic E-state index is 0.373. The van der Waals surface area contributed by atoms with Gasteiger partial charge in [0.2, 0.25) is 0 Å². The largest absolute Gasteiger partial charge is 0.416 e. The summed E-state index contributed by atoms with van der Waals surface area (Å²) >= 11 is 9.78. The summed E-state index contributed by atoms with van der Waals surface area (Å²) < 4.78 is 38.5. The SMILES string of the molecule is CSC(=NC(=Nc1ccc(C(F)(F)F)cc1)c1ccccc1Cl)N1CCSCC1. The van der Waals surface area contributed by atoms with Gasteiger partial charge in [-0.3, -0.25) is 0 Å². The number of hydrogen-bond donors (Lipinski definition) is 0. The molecular formula is C20H19ClF3N3S2. The van der Waals surface area contributed by atoms with E-state index in [2.05, 4.69) is 9.89 Å². The lowest BCUT2D eigenvalue weighted by Gasteiger charge is -2.28. The molecule has 0 bridgehead atoms. The summed E-state index contributed by atoms with van der Waals surface area (Å²) in [5, 5.41) is 1.30. The van der Waals surface area contributed by atoms with Gasteiger partial charge in [0, 0.05) is 30.2 Å². The zero-order chi connectivity index (χ0) is 20.9. The van der Waals surface area contributed by atoms with Gasteiger partial charge in [-0.2, -0.15) is 24.9 Å². The van der Waals surface area contributed by atoms with E-state index < -0.39 is 11.7 Å². The Morgan fingerprint density at radius 1 is 1.07 bits per heavy atom. The fourth-order valence-electron chi connectivity index (χ4n) is 2.73. The van der Waals surface area contributed by atoms with E-state index in [1.165, 1.54) is 23.9 Å². The average Bonchev–Trinajstić information content (AvgIpc) is 2.72. The summed E-state index contributed by atoms with van der Waals surface area (Å²) in [6.45, 7) is 1.78. The number of hydrogen-bond acceptors (Lipinski definition) is 3. The van der Waals surface area contributed by atoms with Crippen molar-refractivity contribution in [3.63, 3.8) is 0 Å². The van der Waals surface area contributed by atoms with Crippen LogP contribution in [0.5, 0.6) is 0 Å². The fourth-order valence-corrected chi connectivity index (χ4v) is 4.47. The summed E-state index contributed by atoms with van der Waals surface area (Å²) in [7, 11) is 0. The van der Waals surface area contributed by atoms with Crippen LogP contribution in [0.1, 0.15) is 11.1 Å². The zero-order valence-electron chi connectivity index (χ0n) is 15.6. The van der Waals surface area contributed by atoms with Crippen LogP contribution in [0.3, 0.4) is 0 Å². The van der Waals surface area contributed by atoms with E-state index in [1.807, 2.05) is 30.2 Å². The number of amidine groups is 2. The molecule has 1 aliphatic heterocycles. The Morgan fingerprint density at radius 3 is 2.31 bits per heavy atom. The number of benzene rings is 2. The number of alkyl halides is 3. The molecular weight excluding hydrogens is 439 g/mol. The van der Waals surface area contributed by atoms with E-state index in [-0.39, 0.29) is 0 Å². The minimum Gasteiger partial charge on any atom is -0.349 e. The molecule has 0 aliphatic carbocycles. The summed E-state index contributed by atoms with van der Waals surface area (Å²) in [5.41, 5.74) is 0.299. The van der Waals surface area contributed by atoms with Gasteiger partial charge in [0.05, 0.1) is 16.3 Å². The van der Waals surface area contributed by atoms with Gasteiger partial charge in [-0.25, -0.2) is 9.98 Å². The van der Waals surface area contributed by atoms with E-state index >= 15 is 0 Å². The first kappa shape index (κ1) is 22.1. The van der Waals surface area contributed by atoms with E-state index in [0.717, 1.165) is 41.9 Å². The highest BCUT2D eigenvalue weighted by atomic mass is 35.5. The van der Waals surface area contributed by atoms with Crippen molar-refractivity contribution in [3.05, 3.63) is 64.7 Å². The van der Waals surface area contributed by atoms with Gasteiger partial charge in [-0.1, -0.05) is 35.5 Å². The highest BCUT2D eigenvalue weighted by molar-refractivity contribution is 8.13. The molecule has 154 valence electrons. The van der Waals surface area contributed by atoms with E-state index in [1.54, 1.807) is 12.1 Å². The maximum absolute atomic E-state index is 12.8. The normalized spacial score (nSPS) is 16.2. The quantitative estimate of drug-likeness (QED) is 0.396. The van der Waals surface area contributed by atoms with Gasteiger partial charge in [0.1, 0.15) is 0 Å². The second-order valence-electron chi connectivity index (χ2n) is 6.16. The maximum atomic E-state index is 12.8. The van der Waals surface area contributed by atoms with Gasteiger partial charge in [-0.05, 0) is 42.7 Å². The second-order valence-corrected chi connectivity index (χ2v) is 8.56. The Balaban J connectivity index is 2.02. The second kappa shape index (κ2) is 9.91. The third-order valence-electron chi connectivity index (χ3n) is 4.21. The Kier molecular flexibility index (Phi) is 7.54. The molecule has 2 aromatic rings. The lowest BCUT2D eigenvalue weighted by atomic mass is 10.2. The van der Waals surface area contributed by atoms with Crippen LogP contribution in [0, 0.1) is 0 Å². The van der Waals surface area contributed by atoms with Crippen LogP contribution in [-0.2, 0) is 6.18 Å². The molecule has 0 amide bonds. The molecule has 1 aliphatic rings. The van der Waals surface area contributed by atoms with Crippen molar-refractivity contribution in [2.45, 2.75) is 6.18 Å². The highest BCUT2D eigenvalue weighted by Crippen LogP contribution is 2.31. The first-order valence-corrected chi connectivity index (χ1v) is 11.6. The molecule has 0 atom stereocenters. The molecule has 0 aromatic heterocycles. The molecule has 0 N–H and O–H groups in total. The number of thioether (sulfide) groups is 2. The third-order valence-corrected chi connectivity index (χ3v) is 6.20. The molecule has 3 nitrogen and oxygen atoms in total. The molecule has 9 heteroatoms. The van der Waals surface area contributed by atoms with E-state index in [9.17, 15) is 13.2 Å². The molecule has 29 heavy (non-hydrogen) atoms. The van der Waals surface area contributed by atoms with Gasteiger partial charge in [0.25, 0.3) is 0 Å². The Bertz CT molecular complexity index is 893. The lowest BCUT2D eigenvalue weighted by Crippen LogP contribution is -2.36. The number of rotatable bonds is 2. The van der Waals surface area contributed by atoms with Gasteiger partial charge in [0.15, 0.2) is 11.0 Å². The van der Waals surface area contributed by atoms with Crippen molar-refractivity contribution in [1.82, 2.24) is 4.90 Å². The predicted octanol–water partition coefficient (Wildman–Crippen LogP) is 6.20. The standard InChI is InChI=1S/C20H19ClF3N3S2/c1-28-19(27-10-12-29-13-11-27)26-18(16-4-2-3-5-17(16)21)25-15-8-6-14(7-9-15)20(22,23)24/h2-9H,10-13H2,1H3. The number of halogens is 4. The van der Waals surface area contributed by atoms with E-state index in [0.29, 0.717) is 22.1 Å². The predicted molar refractivity (Wildman–Crippen MR) is 119 cm³/mol. The first-order valence-electron chi connectivity index (χ1n) is 8.84. The fraction of sp³-hybridized carbons (Fsp3) is 0.300. The van der Waals surface area contributed by atoms with Crippen LogP contribution in [0.15, 0.2) is 58.5 Å². The smallest absolute Gasteiger partial charge is 0.349 e. The lowest BCUT2D eigenvalue weighted by molar-refractivity contribution is -0.137. The molecule has 1 fully saturated rings. The summed E-state index contributed by atoms with van der Waals surface area (Å²) in [5.74, 6) is 2.42. The average molecular weight is 458 g/mol. The number of aliphatic imine (C=N–C) groups is 2. The third kappa shape index (κ3) is 5.93. The monoisotopic (exact) mass is 457 g/mol. The summed E-state index contributed by atoms with van der Waals surface area (Å²) in [6.07, 6.45) is -2.44. The zero-order valence-corrected chi connectivity index (χ0v) is 18.0. The van der Waals surface area contributed by atoms with Crippen LogP contribution in [0.25, 0.3) is 0 Å². The van der Waals surface area contributed by atoms with Crippen molar-refractivity contribution in [3.8, 4) is 0 Å². The van der Waals surface area contributed by atoms with E-state index in [4.69, 9.17) is 16.6 Å². The van der Waals surface area contributed by atoms with Gasteiger partial charge < -0.3 is 4.90 Å². The van der Waals surface area contributed by atoms with Crippen molar-refractivity contribution >= 4 is 51.8 Å². The summed E-state index contributed by atoms with van der Waals surface area (Å²) in [6, 6.07) is 11.9. The molecule has 2 aromatic carbocycles. The van der Waals surface area contributed by atoms with Crippen LogP contribution < -0.4 is 0 Å². The van der Waals surface area contributed by atoms with Crippen molar-refractivity contribution in [1.29, 1.82) is 0 Å². The summed E-state index contributed by atoms with van der Waals surface area (Å²) in [4.78, 5) is 11.5. The van der Waals surface area contributed by atoms with Crippen molar-refractivity contribution in [2.75, 3.05) is 30.9 Å². The maximum Gasteiger partial charge on any atom is 0.416 e. The molecule has 1 heterocycles. The first-order chi connectivity index (χ1) is 13.9. The van der Waals surface area contributed by atoms with Gasteiger partial charge >= 0.3 is 6.18 Å². The molecule has 0 radical (unpaired) electrons. The van der Waals surface area contributed by atoms with Crippen molar-refractivity contribution in [2.24, 2.45) is 9.98 Å². The molecule has 0 unspecified atom stereocenters. The molecule has 1 saturated heterocycles. The Morgan fingerprint density at radius 2 is 1.72 bits per heavy atom. The highest BCUT2D eigenvalue weighted by Gasteiger charge is 2.30. The Labute approximate surface area is 181 Å². The molecule has 0 spiro atoms. The van der Waals surface area contributed by atoms with Gasteiger partial charge in [-0.15, -0.1) is 0 Å². The van der Waals surface area contributed by atoms with Crippen LogP contribution in [0.2, 0.25) is 5.02 Å². The number of nitrogens with zero attached hydrogens (tertiary/aromatic N) is 3. The van der Waals surface area contributed by atoms with Crippen molar-refractivity contribution < 1.29 is 13.2 Å². The van der Waals surface area contributed by atoms with Crippen LogP contribution in [0.4, 0.5) is 18.9 Å².